The SMILES string of the molecule is Cc1c(F)c(C(=O)N[C@H]2COc3cccnc3CC2=O)nn1Cc1ccccc1. The number of carbonyl (C=O) groups excluding carboxylic acids is 2. The summed E-state index contributed by atoms with van der Waals surface area (Å²) in [6, 6.07) is 12.0. The molecule has 1 amide bonds. The number of nitrogens with one attached hydrogen (secondary N) is 1. The molecule has 0 unspecified atom stereocenters. The molecule has 0 radical (unpaired) electrons. The molecule has 1 atom stereocenters. The Bertz CT molecular complexity index is 1070. The first-order valence-corrected chi connectivity index (χ1v) is 9.20. The van der Waals surface area contributed by atoms with Gasteiger partial charge in [0.15, 0.2) is 17.3 Å². The van der Waals surface area contributed by atoms with Crippen molar-refractivity contribution in [1.82, 2.24) is 20.1 Å². The number of halogens is 1. The smallest absolute Gasteiger partial charge is 0.275 e. The largest absolute Gasteiger partial charge is 0.489 e. The molecule has 0 aliphatic carbocycles. The van der Waals surface area contributed by atoms with Crippen molar-refractivity contribution in [3.8, 4) is 5.75 Å². The summed E-state index contributed by atoms with van der Waals surface area (Å²) in [5, 5.41) is 6.67. The van der Waals surface area contributed by atoms with Gasteiger partial charge in [-0.3, -0.25) is 19.3 Å². The van der Waals surface area contributed by atoms with Crippen LogP contribution in [0.2, 0.25) is 0 Å². The first kappa shape index (κ1) is 18.8. The van der Waals surface area contributed by atoms with E-state index in [1.54, 1.807) is 25.3 Å². The van der Waals surface area contributed by atoms with E-state index in [1.807, 2.05) is 30.3 Å². The standard InChI is InChI=1S/C21H19FN4O3/c1-13-19(22)20(25-26(13)11-14-6-3-2-4-7-14)21(28)24-16-12-29-18-8-5-9-23-15(18)10-17(16)27/h2-9,16H,10-12H2,1H3,(H,24,28)/t16-/m0/s1. The van der Waals surface area contributed by atoms with Crippen LogP contribution in [0.15, 0.2) is 48.7 Å². The van der Waals surface area contributed by atoms with Crippen molar-refractivity contribution >= 4 is 11.7 Å². The number of Topliss-reactive ketones (excluding diaryl/α,β-unsaturated/α-hetero) is 1. The van der Waals surface area contributed by atoms with Gasteiger partial charge >= 0.3 is 0 Å². The lowest BCUT2D eigenvalue weighted by Gasteiger charge is -2.14. The molecule has 1 N–H and O–H groups in total. The van der Waals surface area contributed by atoms with Gasteiger partial charge in [-0.15, -0.1) is 0 Å². The molecule has 1 aromatic carbocycles. The molecule has 29 heavy (non-hydrogen) atoms. The average molecular weight is 394 g/mol. The zero-order valence-corrected chi connectivity index (χ0v) is 15.8. The van der Waals surface area contributed by atoms with Crippen LogP contribution in [0.3, 0.4) is 0 Å². The van der Waals surface area contributed by atoms with E-state index < -0.39 is 17.8 Å². The Morgan fingerprint density at radius 1 is 1.28 bits per heavy atom. The van der Waals surface area contributed by atoms with Crippen LogP contribution in [-0.4, -0.2) is 39.1 Å². The predicted octanol–water partition coefficient (Wildman–Crippen LogP) is 2.08. The van der Waals surface area contributed by atoms with E-state index in [0.29, 0.717) is 18.0 Å². The molecule has 0 spiro atoms. The number of nitrogens with zero attached hydrogens (tertiary/aromatic N) is 3. The maximum Gasteiger partial charge on any atom is 0.275 e. The van der Waals surface area contributed by atoms with Crippen LogP contribution in [0.5, 0.6) is 5.75 Å². The van der Waals surface area contributed by atoms with E-state index in [0.717, 1.165) is 5.56 Å². The molecular formula is C21H19FN4O3. The molecule has 4 rings (SSSR count). The molecule has 148 valence electrons. The number of carbonyl (C=O) groups is 2. The molecule has 8 heteroatoms. The van der Waals surface area contributed by atoms with Crippen molar-refractivity contribution in [3.05, 3.63) is 77.1 Å². The van der Waals surface area contributed by atoms with E-state index in [2.05, 4.69) is 15.4 Å². The summed E-state index contributed by atoms with van der Waals surface area (Å²) in [5.41, 5.74) is 1.36. The Hall–Kier alpha value is -3.55. The highest BCUT2D eigenvalue weighted by molar-refractivity contribution is 5.97. The third kappa shape index (κ3) is 3.87. The van der Waals surface area contributed by atoms with Crippen molar-refractivity contribution in [3.63, 3.8) is 0 Å². The van der Waals surface area contributed by atoms with Crippen LogP contribution in [0, 0.1) is 12.7 Å². The van der Waals surface area contributed by atoms with Crippen molar-refractivity contribution < 1.29 is 18.7 Å². The maximum absolute atomic E-state index is 14.7. The van der Waals surface area contributed by atoms with E-state index >= 15 is 0 Å². The number of hydrogen-bond donors (Lipinski definition) is 1. The zero-order valence-electron chi connectivity index (χ0n) is 15.8. The van der Waals surface area contributed by atoms with Gasteiger partial charge in [0.25, 0.3) is 5.91 Å². The van der Waals surface area contributed by atoms with Gasteiger partial charge < -0.3 is 10.1 Å². The summed E-state index contributed by atoms with van der Waals surface area (Å²) < 4.78 is 21.7. The van der Waals surface area contributed by atoms with E-state index in [4.69, 9.17) is 4.74 Å². The van der Waals surface area contributed by atoms with Crippen LogP contribution in [-0.2, 0) is 17.8 Å². The van der Waals surface area contributed by atoms with Gasteiger partial charge in [-0.05, 0) is 24.6 Å². The van der Waals surface area contributed by atoms with Gasteiger partial charge in [-0.2, -0.15) is 5.10 Å². The Labute approximate surface area is 166 Å². The second-order valence-corrected chi connectivity index (χ2v) is 6.82. The second kappa shape index (κ2) is 7.83. The summed E-state index contributed by atoms with van der Waals surface area (Å²) in [5.74, 6) is -1.20. The lowest BCUT2D eigenvalue weighted by atomic mass is 10.1. The number of amides is 1. The van der Waals surface area contributed by atoms with Gasteiger partial charge in [0.2, 0.25) is 0 Å². The van der Waals surface area contributed by atoms with Crippen LogP contribution >= 0.6 is 0 Å². The zero-order chi connectivity index (χ0) is 20.4. The Kier molecular flexibility index (Phi) is 5.07. The second-order valence-electron chi connectivity index (χ2n) is 6.82. The Balaban J connectivity index is 1.50. The summed E-state index contributed by atoms with van der Waals surface area (Å²) >= 11 is 0. The Morgan fingerprint density at radius 2 is 2.07 bits per heavy atom. The van der Waals surface area contributed by atoms with Crippen LogP contribution < -0.4 is 10.1 Å². The third-order valence-electron chi connectivity index (χ3n) is 4.81. The van der Waals surface area contributed by atoms with Gasteiger partial charge in [-0.25, -0.2) is 4.39 Å². The van der Waals surface area contributed by atoms with Gasteiger partial charge in [0, 0.05) is 6.20 Å². The molecule has 0 saturated heterocycles. The quantitative estimate of drug-likeness (QED) is 0.732. The number of aromatic nitrogens is 3. The number of ether oxygens (including phenoxy) is 1. The number of ketones is 1. The van der Waals surface area contributed by atoms with Crippen molar-refractivity contribution in [2.45, 2.75) is 25.9 Å². The summed E-state index contributed by atoms with van der Waals surface area (Å²) in [6.07, 6.45) is 1.61. The lowest BCUT2D eigenvalue weighted by molar-refractivity contribution is -0.120. The van der Waals surface area contributed by atoms with Crippen molar-refractivity contribution in [1.29, 1.82) is 0 Å². The van der Waals surface area contributed by atoms with Crippen LogP contribution in [0.1, 0.15) is 27.4 Å². The fraction of sp³-hybridized carbons (Fsp3) is 0.238. The van der Waals surface area contributed by atoms with Gasteiger partial charge in [0.05, 0.1) is 24.4 Å². The number of rotatable bonds is 4. The monoisotopic (exact) mass is 394 g/mol. The third-order valence-corrected chi connectivity index (χ3v) is 4.81. The molecule has 3 heterocycles. The lowest BCUT2D eigenvalue weighted by Crippen LogP contribution is -2.45. The highest BCUT2D eigenvalue weighted by Crippen LogP contribution is 2.20. The fourth-order valence-electron chi connectivity index (χ4n) is 3.17. The first-order valence-electron chi connectivity index (χ1n) is 9.20. The minimum absolute atomic E-state index is 0.0328. The number of hydrogen-bond acceptors (Lipinski definition) is 5. The molecule has 1 aliphatic rings. The highest BCUT2D eigenvalue weighted by atomic mass is 19.1. The summed E-state index contributed by atoms with van der Waals surface area (Å²) in [7, 11) is 0. The minimum Gasteiger partial charge on any atom is -0.489 e. The van der Waals surface area contributed by atoms with Crippen molar-refractivity contribution in [2.24, 2.45) is 0 Å². The van der Waals surface area contributed by atoms with E-state index in [1.165, 1.54) is 4.68 Å². The van der Waals surface area contributed by atoms with E-state index in [9.17, 15) is 14.0 Å². The molecule has 3 aromatic rings. The molecule has 0 bridgehead atoms. The van der Waals surface area contributed by atoms with Gasteiger partial charge in [0.1, 0.15) is 18.4 Å². The number of pyridine rings is 1. The molecule has 7 nitrogen and oxygen atoms in total. The summed E-state index contributed by atoms with van der Waals surface area (Å²) in [6.45, 7) is 1.85. The predicted molar refractivity (Wildman–Crippen MR) is 102 cm³/mol. The number of benzene rings is 1. The highest BCUT2D eigenvalue weighted by Gasteiger charge is 2.30. The van der Waals surface area contributed by atoms with Crippen LogP contribution in [0.25, 0.3) is 0 Å². The Morgan fingerprint density at radius 3 is 2.86 bits per heavy atom. The normalized spacial score (nSPS) is 15.9. The molecule has 0 fully saturated rings. The average Bonchev–Trinajstić information content (AvgIpc) is 2.91. The fourth-order valence-corrected chi connectivity index (χ4v) is 3.17. The molecule has 1 aliphatic heterocycles. The van der Waals surface area contributed by atoms with E-state index in [-0.39, 0.29) is 30.2 Å². The molecular weight excluding hydrogens is 375 g/mol. The summed E-state index contributed by atoms with van der Waals surface area (Å²) in [4.78, 5) is 29.3. The first-order chi connectivity index (χ1) is 14.0. The molecule has 2 aromatic heterocycles. The van der Waals surface area contributed by atoms with Gasteiger partial charge in [-0.1, -0.05) is 30.3 Å². The topological polar surface area (TPSA) is 86.1 Å². The van der Waals surface area contributed by atoms with Crippen LogP contribution in [0.4, 0.5) is 4.39 Å². The molecule has 0 saturated carbocycles. The number of fused-ring (bicyclic) bond motifs is 1. The minimum atomic E-state index is -0.907. The van der Waals surface area contributed by atoms with Crippen molar-refractivity contribution in [2.75, 3.05) is 6.61 Å². The maximum atomic E-state index is 14.7.